The van der Waals surface area contributed by atoms with Gasteiger partial charge in [0.1, 0.15) is 17.2 Å². The predicted molar refractivity (Wildman–Crippen MR) is 107 cm³/mol. The van der Waals surface area contributed by atoms with Crippen molar-refractivity contribution in [2.45, 2.75) is 19.3 Å². The van der Waals surface area contributed by atoms with Gasteiger partial charge in [0.25, 0.3) is 0 Å². The number of phenolic OH excluding ortho intramolecular Hbond substituents is 1. The number of phenols is 1. The maximum absolute atomic E-state index is 12.2. The van der Waals surface area contributed by atoms with E-state index in [0.717, 1.165) is 11.1 Å². The molecule has 8 heteroatoms. The van der Waals surface area contributed by atoms with Crippen molar-refractivity contribution in [3.63, 3.8) is 0 Å². The van der Waals surface area contributed by atoms with Gasteiger partial charge < -0.3 is 19.0 Å². The smallest absolute Gasteiger partial charge is 0.736 e. The Morgan fingerprint density at radius 3 is 1.97 bits per heavy atom. The number of phosphoric ester groups is 1. The number of hydrogen-bond donors (Lipinski definition) is 1. The maximum Gasteiger partial charge on any atom is 1.00 e. The monoisotopic (exact) mass is 440 g/mol. The zero-order valence-corrected chi connectivity index (χ0v) is 20.0. The molecule has 3 aromatic rings. The fraction of sp³-hybridized carbons (Fsp3) is 0.143. The Morgan fingerprint density at radius 2 is 1.41 bits per heavy atom. The summed E-state index contributed by atoms with van der Waals surface area (Å²) < 4.78 is 22.1. The molecule has 1 N–H and O–H groups in total. The fourth-order valence-electron chi connectivity index (χ4n) is 2.76. The van der Waals surface area contributed by atoms with Gasteiger partial charge in [0.2, 0.25) is 0 Å². The third kappa shape index (κ3) is 6.02. The van der Waals surface area contributed by atoms with E-state index in [1.807, 2.05) is 26.0 Å². The summed E-state index contributed by atoms with van der Waals surface area (Å²) in [5, 5.41) is 9.64. The molecule has 0 radical (unpaired) electrons. The summed E-state index contributed by atoms with van der Waals surface area (Å²) in [6.07, 6.45) is 0. The fourth-order valence-corrected chi connectivity index (χ4v) is 3.81. The number of rotatable bonds is 6. The van der Waals surface area contributed by atoms with Gasteiger partial charge in [-0.05, 0) is 47.5 Å². The van der Waals surface area contributed by atoms with Crippen LogP contribution in [0.2, 0.25) is 5.02 Å². The van der Waals surface area contributed by atoms with Gasteiger partial charge in [-0.2, -0.15) is 0 Å². The molecular formula is C21H19ClNaO5P. The molecule has 146 valence electrons. The SMILES string of the molecule is CC(C)(c1ccc(O)cc1)c1ccc(OP(=O)([O-])Oc2ccccc2Cl)cc1.[Na+]. The van der Waals surface area contributed by atoms with Crippen LogP contribution in [0, 0.1) is 0 Å². The Labute approximate surface area is 197 Å². The van der Waals surface area contributed by atoms with Crippen LogP contribution < -0.4 is 43.5 Å². The first-order chi connectivity index (χ1) is 13.2. The van der Waals surface area contributed by atoms with E-state index >= 15 is 0 Å². The summed E-state index contributed by atoms with van der Waals surface area (Å²) in [6.45, 7) is 4.07. The van der Waals surface area contributed by atoms with Crippen LogP contribution in [0.4, 0.5) is 0 Å². The minimum Gasteiger partial charge on any atom is -0.736 e. The topological polar surface area (TPSA) is 78.8 Å². The number of hydrogen-bond acceptors (Lipinski definition) is 5. The van der Waals surface area contributed by atoms with Crippen molar-refractivity contribution in [3.8, 4) is 17.2 Å². The molecule has 0 saturated heterocycles. The van der Waals surface area contributed by atoms with Crippen molar-refractivity contribution < 1.29 is 53.2 Å². The number of para-hydroxylation sites is 1. The van der Waals surface area contributed by atoms with Crippen LogP contribution in [-0.2, 0) is 9.98 Å². The summed E-state index contributed by atoms with van der Waals surface area (Å²) in [5.41, 5.74) is 1.62. The summed E-state index contributed by atoms with van der Waals surface area (Å²) in [4.78, 5) is 12.2. The van der Waals surface area contributed by atoms with Crippen LogP contribution in [0.1, 0.15) is 25.0 Å². The van der Waals surface area contributed by atoms with Crippen LogP contribution >= 0.6 is 19.4 Å². The summed E-state index contributed by atoms with van der Waals surface area (Å²) >= 11 is 5.92. The molecule has 0 aliphatic rings. The third-order valence-electron chi connectivity index (χ3n) is 4.43. The van der Waals surface area contributed by atoms with Gasteiger partial charge in [0.15, 0.2) is 0 Å². The largest absolute Gasteiger partial charge is 1.00 e. The maximum atomic E-state index is 12.2. The van der Waals surface area contributed by atoms with E-state index in [1.54, 1.807) is 48.5 Å². The minimum absolute atomic E-state index is 0. The van der Waals surface area contributed by atoms with Crippen molar-refractivity contribution in [1.82, 2.24) is 0 Å². The molecule has 0 aliphatic carbocycles. The summed E-state index contributed by atoms with van der Waals surface area (Å²) in [5.74, 6) is 0.344. The van der Waals surface area contributed by atoms with Gasteiger partial charge in [0.05, 0.1) is 5.02 Å². The van der Waals surface area contributed by atoms with Gasteiger partial charge >= 0.3 is 37.4 Å². The summed E-state index contributed by atoms with van der Waals surface area (Å²) in [6, 6.07) is 19.9. The van der Waals surface area contributed by atoms with Crippen molar-refractivity contribution >= 4 is 19.4 Å². The van der Waals surface area contributed by atoms with Crippen molar-refractivity contribution in [2.75, 3.05) is 0 Å². The Bertz CT molecular complexity index is 1010. The molecule has 0 fully saturated rings. The predicted octanol–water partition coefficient (Wildman–Crippen LogP) is 2.30. The molecule has 1 atom stereocenters. The number of halogens is 1. The average molecular weight is 441 g/mol. The second-order valence-corrected chi connectivity index (χ2v) is 8.42. The Balaban J connectivity index is 0.00000300. The van der Waals surface area contributed by atoms with Gasteiger partial charge in [0, 0.05) is 5.41 Å². The van der Waals surface area contributed by atoms with Gasteiger partial charge in [-0.3, -0.25) is 0 Å². The number of aromatic hydroxyl groups is 1. The molecule has 5 nitrogen and oxygen atoms in total. The van der Waals surface area contributed by atoms with E-state index in [9.17, 15) is 14.6 Å². The van der Waals surface area contributed by atoms with Crippen LogP contribution in [0.3, 0.4) is 0 Å². The standard InChI is InChI=1S/C21H20ClO5P.Na/c1-21(2,15-7-11-17(23)12-8-15)16-9-13-18(14-10-16)26-28(24,25)27-20-6-4-3-5-19(20)22;/h3-14,23H,1-2H3,(H,24,25);/q;+1/p-1. The average Bonchev–Trinajstić information content (AvgIpc) is 2.64. The normalized spacial score (nSPS) is 13.1. The quantitative estimate of drug-likeness (QED) is 0.470. The molecule has 1 unspecified atom stereocenters. The van der Waals surface area contributed by atoms with Gasteiger partial charge in [-0.15, -0.1) is 0 Å². The Morgan fingerprint density at radius 1 is 0.897 bits per heavy atom. The summed E-state index contributed by atoms with van der Waals surface area (Å²) in [7, 11) is -4.64. The molecule has 0 amide bonds. The first kappa shape index (κ1) is 23.8. The second kappa shape index (κ2) is 9.57. The van der Waals surface area contributed by atoms with E-state index in [2.05, 4.69) is 0 Å². The van der Waals surface area contributed by atoms with Crippen molar-refractivity contribution in [2.24, 2.45) is 0 Å². The Kier molecular flexibility index (Phi) is 7.86. The van der Waals surface area contributed by atoms with Crippen LogP contribution in [0.25, 0.3) is 0 Å². The zero-order chi connectivity index (χ0) is 20.4. The molecule has 0 saturated carbocycles. The van der Waals surface area contributed by atoms with Gasteiger partial charge in [-0.1, -0.05) is 61.8 Å². The van der Waals surface area contributed by atoms with Gasteiger partial charge in [-0.25, -0.2) is 4.57 Å². The molecule has 0 bridgehead atoms. The molecule has 0 aromatic heterocycles. The Hall–Kier alpha value is -1.46. The van der Waals surface area contributed by atoms with E-state index in [-0.39, 0.29) is 57.2 Å². The van der Waals surface area contributed by atoms with E-state index in [4.69, 9.17) is 20.6 Å². The molecule has 0 aliphatic heterocycles. The molecule has 3 rings (SSSR count). The van der Waals surface area contributed by atoms with E-state index < -0.39 is 7.82 Å². The zero-order valence-electron chi connectivity index (χ0n) is 16.3. The molecule has 0 heterocycles. The number of phosphoric acid groups is 1. The van der Waals surface area contributed by atoms with Crippen LogP contribution in [0.15, 0.2) is 72.8 Å². The van der Waals surface area contributed by atoms with Crippen molar-refractivity contribution in [1.29, 1.82) is 0 Å². The number of benzene rings is 3. The molecule has 3 aromatic carbocycles. The van der Waals surface area contributed by atoms with Crippen LogP contribution in [-0.4, -0.2) is 5.11 Å². The third-order valence-corrected chi connectivity index (χ3v) is 5.60. The van der Waals surface area contributed by atoms with E-state index in [1.165, 1.54) is 12.1 Å². The molecule has 0 spiro atoms. The second-order valence-electron chi connectivity index (χ2n) is 6.76. The van der Waals surface area contributed by atoms with E-state index in [0.29, 0.717) is 0 Å². The first-order valence-corrected chi connectivity index (χ1v) is 10.4. The molecule has 29 heavy (non-hydrogen) atoms. The first-order valence-electron chi connectivity index (χ1n) is 8.52. The minimum atomic E-state index is -4.64. The van der Waals surface area contributed by atoms with Crippen LogP contribution in [0.5, 0.6) is 17.2 Å². The van der Waals surface area contributed by atoms with Crippen molar-refractivity contribution in [3.05, 3.63) is 88.9 Å². The molecular weight excluding hydrogens is 422 g/mol.